The maximum Gasteiger partial charge on any atom is 0.0435 e. The second-order valence-corrected chi connectivity index (χ2v) is 4.66. The second kappa shape index (κ2) is 4.38. The van der Waals surface area contributed by atoms with Gasteiger partial charge in [-0.1, -0.05) is 35.4 Å². The highest BCUT2D eigenvalue weighted by molar-refractivity contribution is 6.31. The average molecular weight is 222 g/mol. The van der Waals surface area contributed by atoms with Crippen LogP contribution in [-0.2, 0) is 0 Å². The summed E-state index contributed by atoms with van der Waals surface area (Å²) in [5.41, 5.74) is 3.85. The minimum absolute atomic E-state index is 0.723. The van der Waals surface area contributed by atoms with Gasteiger partial charge in [0.05, 0.1) is 0 Å². The molecule has 80 valence electrons. The fourth-order valence-electron chi connectivity index (χ4n) is 1.75. The Morgan fingerprint density at radius 2 is 2.20 bits per heavy atom. The van der Waals surface area contributed by atoms with E-state index in [0.717, 1.165) is 29.6 Å². The van der Waals surface area contributed by atoms with E-state index in [0.29, 0.717) is 0 Å². The van der Waals surface area contributed by atoms with Crippen LogP contribution in [0.15, 0.2) is 23.8 Å². The number of hydrogen-bond acceptors (Lipinski definition) is 1. The van der Waals surface area contributed by atoms with Crippen LogP contribution in [0, 0.1) is 12.8 Å². The largest absolute Gasteiger partial charge is 0.315 e. The van der Waals surface area contributed by atoms with Gasteiger partial charge in [0, 0.05) is 24.0 Å². The first-order valence-electron chi connectivity index (χ1n) is 5.32. The Hall–Kier alpha value is -0.790. The molecular formula is C13H16ClN. The van der Waals surface area contributed by atoms with Gasteiger partial charge in [-0.25, -0.2) is 0 Å². The highest BCUT2D eigenvalue weighted by atomic mass is 35.5. The normalized spacial score (nSPS) is 17.7. The van der Waals surface area contributed by atoms with Crippen molar-refractivity contribution >= 4 is 17.7 Å². The molecule has 1 N–H and O–H groups in total. The van der Waals surface area contributed by atoms with Crippen molar-refractivity contribution in [3.63, 3.8) is 0 Å². The number of rotatable bonds is 2. The lowest BCUT2D eigenvalue weighted by molar-refractivity contribution is 0.401. The van der Waals surface area contributed by atoms with Gasteiger partial charge in [-0.15, -0.1) is 0 Å². The molecule has 0 bridgehead atoms. The van der Waals surface area contributed by atoms with Gasteiger partial charge < -0.3 is 5.32 Å². The predicted molar refractivity (Wildman–Crippen MR) is 66.2 cm³/mol. The van der Waals surface area contributed by atoms with Crippen LogP contribution >= 0.6 is 11.6 Å². The van der Waals surface area contributed by atoms with Crippen molar-refractivity contribution in [2.45, 2.75) is 13.8 Å². The Kier molecular flexibility index (Phi) is 3.13. The van der Waals surface area contributed by atoms with Gasteiger partial charge in [0.2, 0.25) is 0 Å². The topological polar surface area (TPSA) is 12.0 Å². The van der Waals surface area contributed by atoms with E-state index in [9.17, 15) is 0 Å². The van der Waals surface area contributed by atoms with E-state index < -0.39 is 0 Å². The molecule has 0 radical (unpaired) electrons. The Labute approximate surface area is 96.1 Å². The van der Waals surface area contributed by atoms with Crippen LogP contribution in [-0.4, -0.2) is 13.1 Å². The van der Waals surface area contributed by atoms with E-state index in [1.807, 2.05) is 13.0 Å². The number of benzene rings is 1. The van der Waals surface area contributed by atoms with Crippen LogP contribution in [0.25, 0.3) is 6.08 Å². The zero-order valence-electron chi connectivity index (χ0n) is 9.18. The van der Waals surface area contributed by atoms with Crippen LogP contribution in [0.4, 0.5) is 0 Å². The second-order valence-electron chi connectivity index (χ2n) is 4.25. The van der Waals surface area contributed by atoms with Crippen molar-refractivity contribution in [1.29, 1.82) is 0 Å². The SMILES string of the molecule is C/C(=C\c1ccc(Cl)c(C)c1)C1CNC1. The van der Waals surface area contributed by atoms with E-state index in [4.69, 9.17) is 11.6 Å². The summed E-state index contributed by atoms with van der Waals surface area (Å²) in [4.78, 5) is 0. The molecular weight excluding hydrogens is 206 g/mol. The third-order valence-corrected chi connectivity index (χ3v) is 3.43. The minimum atomic E-state index is 0.723. The van der Waals surface area contributed by atoms with Crippen LogP contribution in [0.3, 0.4) is 0 Å². The molecule has 0 saturated carbocycles. The van der Waals surface area contributed by atoms with Crippen molar-refractivity contribution in [1.82, 2.24) is 5.32 Å². The first-order chi connectivity index (χ1) is 7.16. The van der Waals surface area contributed by atoms with Gasteiger partial charge in [0.25, 0.3) is 0 Å². The fraction of sp³-hybridized carbons (Fsp3) is 0.385. The van der Waals surface area contributed by atoms with E-state index in [2.05, 4.69) is 30.4 Å². The van der Waals surface area contributed by atoms with Gasteiger partial charge in [0.1, 0.15) is 0 Å². The summed E-state index contributed by atoms with van der Waals surface area (Å²) in [7, 11) is 0. The molecule has 0 aromatic heterocycles. The number of nitrogens with one attached hydrogen (secondary N) is 1. The zero-order valence-corrected chi connectivity index (χ0v) is 9.93. The molecule has 0 atom stereocenters. The van der Waals surface area contributed by atoms with E-state index in [1.54, 1.807) is 0 Å². The molecule has 0 unspecified atom stereocenters. The molecule has 0 amide bonds. The summed E-state index contributed by atoms with van der Waals surface area (Å²) in [6.45, 7) is 6.49. The monoisotopic (exact) mass is 221 g/mol. The molecule has 2 rings (SSSR count). The fourth-order valence-corrected chi connectivity index (χ4v) is 1.87. The van der Waals surface area contributed by atoms with Crippen LogP contribution < -0.4 is 5.32 Å². The Morgan fingerprint density at radius 1 is 1.47 bits per heavy atom. The maximum atomic E-state index is 5.99. The van der Waals surface area contributed by atoms with Crippen LogP contribution in [0.2, 0.25) is 5.02 Å². The smallest absolute Gasteiger partial charge is 0.0435 e. The lowest BCUT2D eigenvalue weighted by atomic mass is 9.93. The van der Waals surface area contributed by atoms with Crippen molar-refractivity contribution < 1.29 is 0 Å². The van der Waals surface area contributed by atoms with E-state index in [-0.39, 0.29) is 0 Å². The summed E-state index contributed by atoms with van der Waals surface area (Å²) in [5, 5.41) is 4.13. The molecule has 1 aliphatic rings. The molecule has 1 saturated heterocycles. The van der Waals surface area contributed by atoms with E-state index in [1.165, 1.54) is 11.1 Å². The first-order valence-corrected chi connectivity index (χ1v) is 5.69. The molecule has 1 aliphatic heterocycles. The lowest BCUT2D eigenvalue weighted by Gasteiger charge is -2.28. The average Bonchev–Trinajstić information content (AvgIpc) is 2.08. The van der Waals surface area contributed by atoms with Gasteiger partial charge in [-0.3, -0.25) is 0 Å². The Balaban J connectivity index is 2.18. The molecule has 1 fully saturated rings. The van der Waals surface area contributed by atoms with Crippen LogP contribution in [0.1, 0.15) is 18.1 Å². The molecule has 0 aliphatic carbocycles. The van der Waals surface area contributed by atoms with Crippen molar-refractivity contribution in [2.24, 2.45) is 5.92 Å². The Bertz CT molecular complexity index is 392. The van der Waals surface area contributed by atoms with Gasteiger partial charge in [0.15, 0.2) is 0 Å². The molecule has 2 heteroatoms. The van der Waals surface area contributed by atoms with Crippen LogP contribution in [0.5, 0.6) is 0 Å². The van der Waals surface area contributed by atoms with Crippen molar-refractivity contribution in [2.75, 3.05) is 13.1 Å². The maximum absolute atomic E-state index is 5.99. The minimum Gasteiger partial charge on any atom is -0.315 e. The van der Waals surface area contributed by atoms with Crippen molar-refractivity contribution in [3.05, 3.63) is 39.9 Å². The lowest BCUT2D eigenvalue weighted by Crippen LogP contribution is -2.42. The third-order valence-electron chi connectivity index (χ3n) is 3.00. The zero-order chi connectivity index (χ0) is 10.8. The summed E-state index contributed by atoms with van der Waals surface area (Å²) >= 11 is 5.99. The summed E-state index contributed by atoms with van der Waals surface area (Å²) in [6.07, 6.45) is 2.26. The highest BCUT2D eigenvalue weighted by Gasteiger charge is 2.17. The summed E-state index contributed by atoms with van der Waals surface area (Å²) < 4.78 is 0. The summed E-state index contributed by atoms with van der Waals surface area (Å²) in [6, 6.07) is 6.18. The quantitative estimate of drug-likeness (QED) is 0.809. The van der Waals surface area contributed by atoms with Crippen molar-refractivity contribution in [3.8, 4) is 0 Å². The standard InChI is InChI=1S/C13H16ClN/c1-9(12-7-15-8-12)5-11-3-4-13(14)10(2)6-11/h3-6,12,15H,7-8H2,1-2H3/b9-5+. The number of aryl methyl sites for hydroxylation is 1. The highest BCUT2D eigenvalue weighted by Crippen LogP contribution is 2.21. The molecule has 1 heterocycles. The molecule has 0 spiro atoms. The summed E-state index contributed by atoms with van der Waals surface area (Å²) in [5.74, 6) is 0.723. The number of halogens is 1. The van der Waals surface area contributed by atoms with Gasteiger partial charge >= 0.3 is 0 Å². The van der Waals surface area contributed by atoms with E-state index >= 15 is 0 Å². The number of hydrogen-bond donors (Lipinski definition) is 1. The molecule has 1 aromatic rings. The van der Waals surface area contributed by atoms with Gasteiger partial charge in [-0.2, -0.15) is 0 Å². The molecule has 1 aromatic carbocycles. The van der Waals surface area contributed by atoms with Gasteiger partial charge in [-0.05, 0) is 31.0 Å². The third kappa shape index (κ3) is 2.42. The predicted octanol–water partition coefficient (Wildman–Crippen LogP) is 3.27. The molecule has 15 heavy (non-hydrogen) atoms. The molecule has 1 nitrogen and oxygen atoms in total. The first kappa shape index (κ1) is 10.7. The Morgan fingerprint density at radius 3 is 2.73 bits per heavy atom.